The number of primary sulfonamides is 1. The summed E-state index contributed by atoms with van der Waals surface area (Å²) in [5.41, 5.74) is 6.87. The maximum absolute atomic E-state index is 11.9. The number of pyridine rings is 1. The summed E-state index contributed by atoms with van der Waals surface area (Å²) in [5.74, 6) is -0.146. The number of aryl methyl sites for hydroxylation is 1. The molecule has 7 nitrogen and oxygen atoms in total. The first-order valence-corrected chi connectivity index (χ1v) is 7.85. The number of aromatic nitrogens is 1. The fraction of sp³-hybridized carbons (Fsp3) is 0.400. The van der Waals surface area contributed by atoms with Crippen molar-refractivity contribution in [3.63, 3.8) is 0 Å². The quantitative estimate of drug-likeness (QED) is 0.786. The lowest BCUT2D eigenvalue weighted by molar-refractivity contribution is -0.117. The summed E-state index contributed by atoms with van der Waals surface area (Å²) in [4.78, 5) is 17.3. The van der Waals surface area contributed by atoms with Crippen LogP contribution in [-0.4, -0.2) is 31.1 Å². The maximum Gasteiger partial charge on any atom is 0.228 e. The molecule has 9 heteroatoms. The van der Waals surface area contributed by atoms with Crippen LogP contribution >= 0.6 is 15.9 Å². The number of rotatable bonds is 2. The Hall–Kier alpha value is -1.19. The summed E-state index contributed by atoms with van der Waals surface area (Å²) in [6.45, 7) is 1.77. The summed E-state index contributed by atoms with van der Waals surface area (Å²) in [7, 11) is -3.74. The van der Waals surface area contributed by atoms with E-state index >= 15 is 0 Å². The van der Waals surface area contributed by atoms with Gasteiger partial charge < -0.3 is 10.6 Å². The third kappa shape index (κ3) is 2.72. The maximum atomic E-state index is 11.9. The van der Waals surface area contributed by atoms with Gasteiger partial charge in [-0.25, -0.2) is 18.5 Å². The molecule has 0 spiro atoms. The van der Waals surface area contributed by atoms with Crippen molar-refractivity contribution >= 4 is 43.4 Å². The number of sulfonamides is 1. The first-order chi connectivity index (χ1) is 8.70. The number of nitrogens with zero attached hydrogens (tertiary/aromatic N) is 2. The highest BCUT2D eigenvalue weighted by Crippen LogP contribution is 2.31. The van der Waals surface area contributed by atoms with Gasteiger partial charge in [0.05, 0.1) is 11.4 Å². The molecule has 1 unspecified atom stereocenters. The molecule has 2 rings (SSSR count). The molecule has 0 saturated carbocycles. The van der Waals surface area contributed by atoms with E-state index in [0.29, 0.717) is 15.9 Å². The summed E-state index contributed by atoms with van der Waals surface area (Å²) >= 11 is 3.30. The lowest BCUT2D eigenvalue weighted by Crippen LogP contribution is -2.32. The number of hydrogen-bond acceptors (Lipinski definition) is 5. The first-order valence-electron chi connectivity index (χ1n) is 5.44. The predicted octanol–water partition coefficient (Wildman–Crippen LogP) is 0.129. The van der Waals surface area contributed by atoms with Crippen LogP contribution in [0.3, 0.4) is 0 Å². The van der Waals surface area contributed by atoms with Crippen molar-refractivity contribution in [1.29, 1.82) is 0 Å². The lowest BCUT2D eigenvalue weighted by atomic mass is 10.3. The molecule has 4 N–H and O–H groups in total. The van der Waals surface area contributed by atoms with Crippen LogP contribution < -0.4 is 15.8 Å². The molecule has 1 aliphatic heterocycles. The van der Waals surface area contributed by atoms with E-state index in [1.807, 2.05) is 0 Å². The van der Waals surface area contributed by atoms with Crippen LogP contribution in [0.2, 0.25) is 0 Å². The van der Waals surface area contributed by atoms with Crippen molar-refractivity contribution in [1.82, 2.24) is 4.98 Å². The summed E-state index contributed by atoms with van der Waals surface area (Å²) < 4.78 is 23.3. The lowest BCUT2D eigenvalue weighted by Gasteiger charge is -2.18. The number of nitrogen functional groups attached to an aromatic ring is 1. The molecule has 1 aliphatic rings. The van der Waals surface area contributed by atoms with Crippen molar-refractivity contribution in [2.75, 3.05) is 17.2 Å². The minimum absolute atomic E-state index is 0.000945. The van der Waals surface area contributed by atoms with Gasteiger partial charge >= 0.3 is 0 Å². The second-order valence-electron chi connectivity index (χ2n) is 4.38. The predicted molar refractivity (Wildman–Crippen MR) is 75.0 cm³/mol. The molecular formula is C10H13BrN4O3S. The molecule has 0 aliphatic carbocycles. The summed E-state index contributed by atoms with van der Waals surface area (Å²) in [6.07, 6.45) is -0.135. The average Bonchev–Trinajstić information content (AvgIpc) is 2.65. The Bertz CT molecular complexity index is 646. The minimum atomic E-state index is -3.74. The van der Waals surface area contributed by atoms with E-state index in [0.717, 1.165) is 0 Å². The van der Waals surface area contributed by atoms with E-state index in [9.17, 15) is 13.2 Å². The molecule has 1 fully saturated rings. The Kier molecular flexibility index (Phi) is 3.54. The van der Waals surface area contributed by atoms with Crippen LogP contribution in [0.15, 0.2) is 10.5 Å². The zero-order valence-corrected chi connectivity index (χ0v) is 12.5. The first kappa shape index (κ1) is 14.2. The van der Waals surface area contributed by atoms with Gasteiger partial charge in [-0.2, -0.15) is 0 Å². The van der Waals surface area contributed by atoms with E-state index < -0.39 is 15.3 Å². The van der Waals surface area contributed by atoms with Crippen molar-refractivity contribution in [3.8, 4) is 0 Å². The number of carbonyl (C=O) groups is 1. The van der Waals surface area contributed by atoms with E-state index in [-0.39, 0.29) is 24.7 Å². The van der Waals surface area contributed by atoms with Gasteiger partial charge in [-0.15, -0.1) is 0 Å². The molecule has 19 heavy (non-hydrogen) atoms. The Balaban J connectivity index is 2.39. The highest BCUT2D eigenvalue weighted by Gasteiger charge is 2.38. The largest absolute Gasteiger partial charge is 0.382 e. The van der Waals surface area contributed by atoms with Gasteiger partial charge in [0, 0.05) is 17.4 Å². The van der Waals surface area contributed by atoms with Crippen molar-refractivity contribution in [3.05, 3.63) is 16.2 Å². The highest BCUT2D eigenvalue weighted by molar-refractivity contribution is 9.10. The van der Waals surface area contributed by atoms with Gasteiger partial charge in [-0.05, 0) is 28.9 Å². The molecule has 1 saturated heterocycles. The molecular weight excluding hydrogens is 336 g/mol. The molecule has 1 atom stereocenters. The smallest absolute Gasteiger partial charge is 0.228 e. The van der Waals surface area contributed by atoms with E-state index in [1.54, 1.807) is 13.0 Å². The zero-order chi connectivity index (χ0) is 14.4. The van der Waals surface area contributed by atoms with Gasteiger partial charge in [-0.1, -0.05) is 0 Å². The summed E-state index contributed by atoms with van der Waals surface area (Å²) in [5, 5.41) is 4.17. The highest BCUT2D eigenvalue weighted by atomic mass is 79.9. The molecule has 2 heterocycles. The van der Waals surface area contributed by atoms with Gasteiger partial charge in [0.2, 0.25) is 15.9 Å². The van der Waals surface area contributed by atoms with Crippen molar-refractivity contribution < 1.29 is 13.2 Å². The second-order valence-corrected chi connectivity index (χ2v) is 7.08. The third-order valence-electron chi connectivity index (χ3n) is 3.00. The van der Waals surface area contributed by atoms with Gasteiger partial charge in [0.25, 0.3) is 0 Å². The Morgan fingerprint density at radius 1 is 1.53 bits per heavy atom. The molecule has 1 aromatic heterocycles. The average molecular weight is 349 g/mol. The number of hydrogen-bond donors (Lipinski definition) is 2. The number of amides is 1. The van der Waals surface area contributed by atoms with E-state index in [2.05, 4.69) is 20.9 Å². The Morgan fingerprint density at radius 3 is 2.68 bits per heavy atom. The number of nitrogens with two attached hydrogens (primary N) is 2. The molecule has 1 aromatic rings. The molecule has 104 valence electrons. The van der Waals surface area contributed by atoms with Gasteiger partial charge in [0.1, 0.15) is 11.1 Å². The minimum Gasteiger partial charge on any atom is -0.382 e. The number of halogens is 1. The van der Waals surface area contributed by atoms with Crippen LogP contribution in [0.25, 0.3) is 0 Å². The Labute approximate surface area is 119 Å². The zero-order valence-electron chi connectivity index (χ0n) is 10.1. The van der Waals surface area contributed by atoms with Crippen LogP contribution in [0.4, 0.5) is 11.5 Å². The monoisotopic (exact) mass is 348 g/mol. The molecule has 0 radical (unpaired) electrons. The topological polar surface area (TPSA) is 119 Å². The summed E-state index contributed by atoms with van der Waals surface area (Å²) in [6, 6.07) is 1.65. The van der Waals surface area contributed by atoms with Crippen LogP contribution in [-0.2, 0) is 14.8 Å². The number of anilines is 2. The fourth-order valence-electron chi connectivity index (χ4n) is 1.93. The van der Waals surface area contributed by atoms with Gasteiger partial charge in [-0.3, -0.25) is 4.79 Å². The number of carbonyl (C=O) groups excluding carboxylic acids is 1. The standard InChI is InChI=1S/C10H13BrN4O3S/c1-5-7(11)3-8(10(12)14-5)15-4-6(2-9(15)16)19(13,17)18/h3,6H,2,4H2,1H3,(H2,12,14)(H2,13,17,18). The van der Waals surface area contributed by atoms with E-state index in [4.69, 9.17) is 10.9 Å². The molecule has 1 amide bonds. The third-order valence-corrected chi connectivity index (χ3v) is 5.05. The second kappa shape index (κ2) is 4.73. The fourth-order valence-corrected chi connectivity index (χ4v) is 2.97. The van der Waals surface area contributed by atoms with Crippen molar-refractivity contribution in [2.45, 2.75) is 18.6 Å². The van der Waals surface area contributed by atoms with Gasteiger partial charge in [0.15, 0.2) is 0 Å². The van der Waals surface area contributed by atoms with Crippen LogP contribution in [0.1, 0.15) is 12.1 Å². The SMILES string of the molecule is Cc1nc(N)c(N2CC(S(N)(=O)=O)CC2=O)cc1Br. The van der Waals surface area contributed by atoms with E-state index in [1.165, 1.54) is 4.90 Å². The van der Waals surface area contributed by atoms with Crippen molar-refractivity contribution in [2.24, 2.45) is 5.14 Å². The van der Waals surface area contributed by atoms with Crippen LogP contribution in [0.5, 0.6) is 0 Å². The Morgan fingerprint density at radius 2 is 2.16 bits per heavy atom. The van der Waals surface area contributed by atoms with Crippen LogP contribution in [0, 0.1) is 6.92 Å². The molecule has 0 aromatic carbocycles. The normalized spacial score (nSPS) is 20.1. The molecule has 0 bridgehead atoms.